The van der Waals surface area contributed by atoms with Gasteiger partial charge in [0.05, 0.1) is 24.9 Å². The number of hydrogen-bond acceptors (Lipinski definition) is 3. The number of aryl methyl sites for hydroxylation is 1. The molecule has 1 aliphatic carbocycles. The molecule has 1 N–H and O–H groups in total. The van der Waals surface area contributed by atoms with Crippen molar-refractivity contribution in [3.05, 3.63) is 77.4 Å². The maximum Gasteiger partial charge on any atom is 0.170 e. The van der Waals surface area contributed by atoms with E-state index in [4.69, 9.17) is 21.9 Å². The Morgan fingerprint density at radius 3 is 2.59 bits per heavy atom. The smallest absolute Gasteiger partial charge is 0.170 e. The van der Waals surface area contributed by atoms with E-state index in [-0.39, 0.29) is 12.1 Å². The molecule has 3 aromatic rings. The van der Waals surface area contributed by atoms with Crippen LogP contribution in [0.3, 0.4) is 0 Å². The molecule has 2 aromatic heterocycles. The van der Waals surface area contributed by atoms with Gasteiger partial charge in [0, 0.05) is 35.4 Å². The van der Waals surface area contributed by atoms with Crippen molar-refractivity contribution < 1.29 is 4.74 Å². The number of rotatable bonds is 5. The first-order valence-electron chi connectivity index (χ1n) is 11.4. The summed E-state index contributed by atoms with van der Waals surface area (Å²) in [6, 6.07) is 17.3. The molecule has 0 bridgehead atoms. The standard InChI is InChI=1S/C26H30N4OS/c1-17-15-22(18(2)29(17)20-11-8-12-21(16-20)31-3)25-24(23-13-6-7-14-27-23)28-26(32)30(25)19-9-4-5-10-19/h6-8,11-16,19,24-25H,4-5,9-10H2,1-3H3,(H,28,32)/t24-,25-/m1/s1. The Morgan fingerprint density at radius 2 is 1.88 bits per heavy atom. The molecule has 6 heteroatoms. The highest BCUT2D eigenvalue weighted by atomic mass is 32.1. The summed E-state index contributed by atoms with van der Waals surface area (Å²) in [5.74, 6) is 0.860. The van der Waals surface area contributed by atoms with Gasteiger partial charge in [-0.05, 0) is 74.8 Å². The molecule has 2 fully saturated rings. The minimum atomic E-state index is 0.0311. The molecule has 0 unspecified atom stereocenters. The van der Waals surface area contributed by atoms with Crippen LogP contribution in [0.2, 0.25) is 0 Å². The number of ether oxygens (including phenoxy) is 1. The van der Waals surface area contributed by atoms with Crippen molar-refractivity contribution in [3.8, 4) is 11.4 Å². The zero-order valence-corrected chi connectivity index (χ0v) is 19.7. The van der Waals surface area contributed by atoms with Crippen molar-refractivity contribution in [2.24, 2.45) is 0 Å². The second-order valence-electron chi connectivity index (χ2n) is 8.84. The van der Waals surface area contributed by atoms with Crippen LogP contribution in [0.1, 0.15) is 60.4 Å². The molecule has 32 heavy (non-hydrogen) atoms. The number of hydrogen-bond donors (Lipinski definition) is 1. The summed E-state index contributed by atoms with van der Waals surface area (Å²) in [6.07, 6.45) is 6.81. The van der Waals surface area contributed by atoms with Gasteiger partial charge in [-0.3, -0.25) is 4.98 Å². The minimum Gasteiger partial charge on any atom is -0.497 e. The summed E-state index contributed by atoms with van der Waals surface area (Å²) in [5.41, 5.74) is 5.89. The van der Waals surface area contributed by atoms with Gasteiger partial charge in [0.25, 0.3) is 0 Å². The fraction of sp³-hybridized carbons (Fsp3) is 0.385. The van der Waals surface area contributed by atoms with Crippen LogP contribution >= 0.6 is 12.2 Å². The lowest BCUT2D eigenvalue weighted by atomic mass is 9.95. The number of methoxy groups -OCH3 is 1. The van der Waals surface area contributed by atoms with Crippen LogP contribution in [-0.4, -0.2) is 32.7 Å². The van der Waals surface area contributed by atoms with Gasteiger partial charge in [-0.1, -0.05) is 25.0 Å². The third-order valence-electron chi connectivity index (χ3n) is 6.95. The molecular formula is C26H30N4OS. The molecule has 166 valence electrons. The largest absolute Gasteiger partial charge is 0.497 e. The van der Waals surface area contributed by atoms with Gasteiger partial charge in [0.2, 0.25) is 0 Å². The van der Waals surface area contributed by atoms with Gasteiger partial charge in [-0.2, -0.15) is 0 Å². The average molecular weight is 447 g/mol. The second kappa shape index (κ2) is 8.58. The van der Waals surface area contributed by atoms with Crippen molar-refractivity contribution in [1.29, 1.82) is 0 Å². The molecule has 5 nitrogen and oxygen atoms in total. The molecule has 2 aliphatic rings. The van der Waals surface area contributed by atoms with Gasteiger partial charge >= 0.3 is 0 Å². The Labute approximate surface area is 195 Å². The molecule has 3 heterocycles. The highest BCUT2D eigenvalue weighted by Gasteiger charge is 2.44. The number of pyridine rings is 1. The van der Waals surface area contributed by atoms with E-state index in [1.54, 1.807) is 7.11 Å². The predicted octanol–water partition coefficient (Wildman–Crippen LogP) is 5.41. The van der Waals surface area contributed by atoms with Gasteiger partial charge in [0.15, 0.2) is 5.11 Å². The van der Waals surface area contributed by atoms with Crippen LogP contribution in [0.5, 0.6) is 5.75 Å². The zero-order chi connectivity index (χ0) is 22.2. The normalized spacial score (nSPS) is 21.2. The first-order chi connectivity index (χ1) is 15.6. The molecular weight excluding hydrogens is 416 g/mol. The lowest BCUT2D eigenvalue weighted by Crippen LogP contribution is -2.37. The van der Waals surface area contributed by atoms with E-state index in [2.05, 4.69) is 59.0 Å². The third kappa shape index (κ3) is 3.56. The van der Waals surface area contributed by atoms with Crippen LogP contribution in [0.15, 0.2) is 54.7 Å². The third-order valence-corrected chi connectivity index (χ3v) is 7.28. The van der Waals surface area contributed by atoms with E-state index in [0.717, 1.165) is 22.2 Å². The summed E-state index contributed by atoms with van der Waals surface area (Å²) in [6.45, 7) is 4.39. The maximum absolute atomic E-state index is 5.90. The Balaban J connectivity index is 1.63. The fourth-order valence-corrected chi connectivity index (χ4v) is 5.90. The molecule has 1 saturated heterocycles. The number of nitrogens with one attached hydrogen (secondary N) is 1. The Kier molecular flexibility index (Phi) is 5.64. The molecule has 5 rings (SSSR count). The number of thiocarbonyl (C=S) groups is 1. The van der Waals surface area contributed by atoms with Gasteiger partial charge in [-0.25, -0.2) is 0 Å². The van der Waals surface area contributed by atoms with E-state index >= 15 is 0 Å². The summed E-state index contributed by atoms with van der Waals surface area (Å²) < 4.78 is 7.80. The van der Waals surface area contributed by atoms with E-state index in [0.29, 0.717) is 6.04 Å². The van der Waals surface area contributed by atoms with Crippen molar-refractivity contribution in [1.82, 2.24) is 19.8 Å². The van der Waals surface area contributed by atoms with Crippen LogP contribution < -0.4 is 10.1 Å². The van der Waals surface area contributed by atoms with Gasteiger partial charge < -0.3 is 19.5 Å². The first kappa shape index (κ1) is 21.0. The molecule has 0 spiro atoms. The molecule has 2 atom stereocenters. The van der Waals surface area contributed by atoms with Crippen molar-refractivity contribution in [2.75, 3.05) is 7.11 Å². The highest BCUT2D eigenvalue weighted by molar-refractivity contribution is 7.80. The minimum absolute atomic E-state index is 0.0311. The molecule has 1 aliphatic heterocycles. The average Bonchev–Trinajstić information content (AvgIpc) is 3.52. The topological polar surface area (TPSA) is 42.3 Å². The first-order valence-corrected chi connectivity index (χ1v) is 11.8. The summed E-state index contributed by atoms with van der Waals surface area (Å²) in [4.78, 5) is 7.17. The van der Waals surface area contributed by atoms with Gasteiger partial charge in [0.1, 0.15) is 5.75 Å². The number of benzene rings is 1. The van der Waals surface area contributed by atoms with Crippen molar-refractivity contribution >= 4 is 17.3 Å². The SMILES string of the molecule is COc1cccc(-n2c(C)cc([C@@H]3[C@@H](c4ccccn4)NC(=S)N3C3CCCC3)c2C)c1. The zero-order valence-electron chi connectivity index (χ0n) is 18.9. The quantitative estimate of drug-likeness (QED) is 0.531. The van der Waals surface area contributed by atoms with Crippen molar-refractivity contribution in [3.63, 3.8) is 0 Å². The second-order valence-corrected chi connectivity index (χ2v) is 9.22. The number of aromatic nitrogens is 2. The van der Waals surface area contributed by atoms with Gasteiger partial charge in [-0.15, -0.1) is 0 Å². The van der Waals surface area contributed by atoms with E-state index in [1.165, 1.54) is 42.6 Å². The monoisotopic (exact) mass is 446 g/mol. The predicted molar refractivity (Wildman–Crippen MR) is 131 cm³/mol. The van der Waals surface area contributed by atoms with E-state index in [1.807, 2.05) is 24.4 Å². The summed E-state index contributed by atoms with van der Waals surface area (Å²) >= 11 is 5.90. The summed E-state index contributed by atoms with van der Waals surface area (Å²) in [5, 5.41) is 4.48. The lowest BCUT2D eigenvalue weighted by Gasteiger charge is -2.33. The number of nitrogens with zero attached hydrogens (tertiary/aromatic N) is 3. The molecule has 1 aromatic carbocycles. The molecule has 1 saturated carbocycles. The molecule has 0 radical (unpaired) electrons. The van der Waals surface area contributed by atoms with Crippen LogP contribution in [0.25, 0.3) is 5.69 Å². The van der Waals surface area contributed by atoms with Crippen molar-refractivity contribution in [2.45, 2.75) is 57.7 Å². The lowest BCUT2D eigenvalue weighted by molar-refractivity contribution is 0.245. The Bertz CT molecular complexity index is 1120. The molecule has 0 amide bonds. The summed E-state index contributed by atoms with van der Waals surface area (Å²) in [7, 11) is 1.71. The van der Waals surface area contributed by atoms with E-state index < -0.39 is 0 Å². The van der Waals surface area contributed by atoms with E-state index in [9.17, 15) is 0 Å². The van der Waals surface area contributed by atoms with Crippen LogP contribution in [-0.2, 0) is 0 Å². The Morgan fingerprint density at radius 1 is 1.06 bits per heavy atom. The maximum atomic E-state index is 5.90. The Hall–Kier alpha value is -2.86. The highest BCUT2D eigenvalue weighted by Crippen LogP contribution is 2.44. The van der Waals surface area contributed by atoms with Crippen LogP contribution in [0, 0.1) is 13.8 Å². The fourth-order valence-electron chi connectivity index (χ4n) is 5.51. The van der Waals surface area contributed by atoms with Crippen LogP contribution in [0.4, 0.5) is 0 Å².